The first-order valence-electron chi connectivity index (χ1n) is 7.44. The van der Waals surface area contributed by atoms with E-state index >= 15 is 0 Å². The molecule has 0 unspecified atom stereocenters. The van der Waals surface area contributed by atoms with Gasteiger partial charge in [-0.1, -0.05) is 6.92 Å². The Labute approximate surface area is 138 Å². The van der Waals surface area contributed by atoms with Gasteiger partial charge in [0.1, 0.15) is 0 Å². The summed E-state index contributed by atoms with van der Waals surface area (Å²) < 4.78 is 25.4. The van der Waals surface area contributed by atoms with Crippen LogP contribution in [0.2, 0.25) is 58.4 Å². The minimum absolute atomic E-state index is 0.976. The molecule has 0 aromatic rings. The van der Waals surface area contributed by atoms with Gasteiger partial charge in [0.25, 0.3) is 8.48 Å². The highest BCUT2D eigenvalue weighted by atomic mass is 28.5. The van der Waals surface area contributed by atoms with E-state index in [4.69, 9.17) is 16.5 Å². The molecule has 0 fully saturated rings. The summed E-state index contributed by atoms with van der Waals surface area (Å²) in [4.78, 5) is 3.30. The van der Waals surface area contributed by atoms with E-state index in [-0.39, 0.29) is 0 Å². The molecule has 0 rings (SSSR count). The van der Waals surface area contributed by atoms with E-state index < -0.39 is 43.9 Å². The first-order valence-corrected chi connectivity index (χ1v) is 19.9. The van der Waals surface area contributed by atoms with E-state index in [1.807, 2.05) is 7.05 Å². The average molecular weight is 384 g/mol. The van der Waals surface area contributed by atoms with Gasteiger partial charge in [0.2, 0.25) is 0 Å². The van der Waals surface area contributed by atoms with Crippen LogP contribution in [0.3, 0.4) is 0 Å². The van der Waals surface area contributed by atoms with Gasteiger partial charge in [-0.25, -0.2) is 0 Å². The van der Waals surface area contributed by atoms with Crippen molar-refractivity contribution < 1.29 is 16.5 Å². The Morgan fingerprint density at radius 3 is 1.57 bits per heavy atom. The summed E-state index contributed by atoms with van der Waals surface area (Å²) in [6, 6.07) is 1.02. The van der Waals surface area contributed by atoms with Crippen molar-refractivity contribution >= 4 is 43.9 Å². The highest BCUT2D eigenvalue weighted by Crippen LogP contribution is 2.25. The molecule has 0 aliphatic rings. The van der Waals surface area contributed by atoms with Gasteiger partial charge in [-0.05, 0) is 65.5 Å². The number of rotatable bonds is 10. The Morgan fingerprint density at radius 1 is 0.857 bits per heavy atom. The number of nitrogens with one attached hydrogen (secondary N) is 1. The summed E-state index contributed by atoms with van der Waals surface area (Å²) in [5.41, 5.74) is 0. The van der Waals surface area contributed by atoms with Gasteiger partial charge in [0.05, 0.1) is 0 Å². The second-order valence-corrected chi connectivity index (χ2v) is 22.2. The van der Waals surface area contributed by atoms with Gasteiger partial charge in [0, 0.05) is 0 Å². The SMILES string of the molecule is CC[Si](C)(C)O[Si](O[Si](C)C)(O[Si](C)C)O[Si](C)(C)NC. The van der Waals surface area contributed by atoms with Crippen molar-refractivity contribution in [2.75, 3.05) is 7.05 Å². The van der Waals surface area contributed by atoms with Crippen LogP contribution in [0.5, 0.6) is 0 Å². The van der Waals surface area contributed by atoms with Gasteiger partial charge in [-0.2, -0.15) is 0 Å². The molecule has 5 nitrogen and oxygen atoms in total. The van der Waals surface area contributed by atoms with Crippen molar-refractivity contribution in [3.63, 3.8) is 0 Å². The minimum Gasteiger partial charge on any atom is -0.396 e. The molecule has 0 saturated heterocycles. The fraction of sp³-hybridized carbons (Fsp3) is 1.00. The van der Waals surface area contributed by atoms with E-state index in [2.05, 4.69) is 64.3 Å². The number of hydrogen-bond donors (Lipinski definition) is 1. The molecule has 0 aliphatic carbocycles. The summed E-state index contributed by atoms with van der Waals surface area (Å²) in [6.45, 7) is 19.2. The van der Waals surface area contributed by atoms with Crippen molar-refractivity contribution in [3.05, 3.63) is 0 Å². The lowest BCUT2D eigenvalue weighted by Gasteiger charge is -2.41. The molecular formula is C11H33NO4Si5. The maximum atomic E-state index is 6.49. The summed E-state index contributed by atoms with van der Waals surface area (Å²) >= 11 is 0. The zero-order valence-corrected chi connectivity index (χ0v) is 20.3. The first-order chi connectivity index (χ1) is 9.37. The third kappa shape index (κ3) is 8.93. The summed E-state index contributed by atoms with van der Waals surface area (Å²) in [5, 5.41) is 0. The molecule has 0 heterocycles. The fourth-order valence-corrected chi connectivity index (χ4v) is 14.8. The average Bonchev–Trinajstić information content (AvgIpc) is 2.25. The van der Waals surface area contributed by atoms with Crippen molar-refractivity contribution in [1.82, 2.24) is 4.98 Å². The Bertz CT molecular complexity index is 285. The lowest BCUT2D eigenvalue weighted by molar-refractivity contribution is 0.153. The molecule has 0 aliphatic heterocycles. The standard InChI is InChI=1S/C11H33NO4Si5/c1-11-19(7,8)15-21(13-17(3)4,14-18(5)6)16-20(9,10)12-2/h12H,11H2,1-10H3. The normalized spacial score (nSPS) is 14.3. The quantitative estimate of drug-likeness (QED) is 0.587. The third-order valence-corrected chi connectivity index (χ3v) is 17.3. The lowest BCUT2D eigenvalue weighted by atomic mass is 11.0. The second kappa shape index (κ2) is 8.66. The molecule has 2 radical (unpaired) electrons. The highest BCUT2D eigenvalue weighted by molar-refractivity contribution is 6.87. The third-order valence-electron chi connectivity index (χ3n) is 2.89. The van der Waals surface area contributed by atoms with Crippen LogP contribution in [-0.2, 0) is 16.5 Å². The predicted molar refractivity (Wildman–Crippen MR) is 99.6 cm³/mol. The molecule has 0 amide bonds. The van der Waals surface area contributed by atoms with Crippen molar-refractivity contribution in [2.24, 2.45) is 0 Å². The van der Waals surface area contributed by atoms with E-state index in [1.165, 1.54) is 0 Å². The van der Waals surface area contributed by atoms with Crippen LogP contribution in [0.15, 0.2) is 0 Å². The van der Waals surface area contributed by atoms with Crippen molar-refractivity contribution in [1.29, 1.82) is 0 Å². The molecule has 0 atom stereocenters. The topological polar surface area (TPSA) is 49.0 Å². The van der Waals surface area contributed by atoms with Crippen LogP contribution >= 0.6 is 0 Å². The van der Waals surface area contributed by atoms with E-state index in [0.29, 0.717) is 0 Å². The Hall–Kier alpha value is 0.884. The molecule has 0 aromatic carbocycles. The Kier molecular flexibility index (Phi) is 9.02. The van der Waals surface area contributed by atoms with Gasteiger partial charge < -0.3 is 21.4 Å². The molecule has 10 heteroatoms. The molecule has 0 bridgehead atoms. The second-order valence-electron chi connectivity index (χ2n) is 6.60. The van der Waals surface area contributed by atoms with Crippen LogP contribution in [0, 0.1) is 0 Å². The van der Waals surface area contributed by atoms with Crippen LogP contribution in [0.1, 0.15) is 6.92 Å². The molecule has 1 N–H and O–H groups in total. The van der Waals surface area contributed by atoms with Crippen LogP contribution in [-0.4, -0.2) is 51.0 Å². The molecule has 0 aromatic heterocycles. The highest BCUT2D eigenvalue weighted by Gasteiger charge is 2.53. The van der Waals surface area contributed by atoms with Gasteiger partial charge >= 0.3 is 9.05 Å². The smallest absolute Gasteiger partial charge is 0.396 e. The summed E-state index contributed by atoms with van der Waals surface area (Å²) in [7, 11) is -7.01. The first kappa shape index (κ1) is 21.9. The van der Waals surface area contributed by atoms with Crippen LogP contribution < -0.4 is 4.98 Å². The van der Waals surface area contributed by atoms with Gasteiger partial charge in [0.15, 0.2) is 26.4 Å². The van der Waals surface area contributed by atoms with Crippen molar-refractivity contribution in [3.8, 4) is 0 Å². The van der Waals surface area contributed by atoms with Gasteiger partial charge in [-0.3, -0.25) is 0 Å². The van der Waals surface area contributed by atoms with E-state index in [9.17, 15) is 0 Å². The maximum Gasteiger partial charge on any atom is 0.637 e. The summed E-state index contributed by atoms with van der Waals surface area (Å²) in [5.74, 6) is 0. The summed E-state index contributed by atoms with van der Waals surface area (Å²) in [6.07, 6.45) is 0. The molecule has 0 spiro atoms. The monoisotopic (exact) mass is 383 g/mol. The van der Waals surface area contributed by atoms with Gasteiger partial charge in [-0.15, -0.1) is 0 Å². The Balaban J connectivity index is 5.50. The van der Waals surface area contributed by atoms with E-state index in [0.717, 1.165) is 6.04 Å². The lowest BCUT2D eigenvalue weighted by Crippen LogP contribution is -2.65. The van der Waals surface area contributed by atoms with E-state index in [1.54, 1.807) is 0 Å². The minimum atomic E-state index is -3.08. The zero-order chi connectivity index (χ0) is 16.9. The molecular weight excluding hydrogens is 351 g/mol. The Morgan fingerprint density at radius 2 is 1.29 bits per heavy atom. The predicted octanol–water partition coefficient (Wildman–Crippen LogP) is 3.14. The van der Waals surface area contributed by atoms with Crippen molar-refractivity contribution in [2.45, 2.75) is 65.3 Å². The zero-order valence-electron chi connectivity index (χ0n) is 15.3. The maximum absolute atomic E-state index is 6.49. The molecule has 0 saturated carbocycles. The largest absolute Gasteiger partial charge is 0.637 e. The molecule has 21 heavy (non-hydrogen) atoms. The number of hydrogen-bond acceptors (Lipinski definition) is 5. The molecule has 126 valence electrons. The van der Waals surface area contributed by atoms with Crippen LogP contribution in [0.25, 0.3) is 0 Å². The van der Waals surface area contributed by atoms with Crippen LogP contribution in [0.4, 0.5) is 0 Å². The fourth-order valence-electron chi connectivity index (χ4n) is 1.40.